The molecule has 3 rings (SSSR count). The number of hydrogen-bond acceptors (Lipinski definition) is 3. The van der Waals surface area contributed by atoms with Crippen LogP contribution in [0.25, 0.3) is 0 Å². The largest absolute Gasteiger partial charge is 0.337 e. The van der Waals surface area contributed by atoms with E-state index in [1.165, 1.54) is 0 Å². The van der Waals surface area contributed by atoms with Crippen LogP contribution in [0, 0.1) is 0 Å². The number of rotatable bonds is 3. The van der Waals surface area contributed by atoms with Crippen molar-refractivity contribution < 1.29 is 9.59 Å². The van der Waals surface area contributed by atoms with Gasteiger partial charge in [-0.2, -0.15) is 0 Å². The summed E-state index contributed by atoms with van der Waals surface area (Å²) in [5, 5.41) is 2.84. The Bertz CT molecular complexity index is 730. The topological polar surface area (TPSA) is 75.4 Å². The molecule has 3 N–H and O–H groups in total. The minimum atomic E-state index is -0.230. The molecule has 1 heterocycles. The Morgan fingerprint density at radius 3 is 2.50 bits per heavy atom. The van der Waals surface area contributed by atoms with E-state index < -0.39 is 0 Å². The van der Waals surface area contributed by atoms with Crippen molar-refractivity contribution in [1.82, 2.24) is 4.90 Å². The number of carbonyl (C=O) groups is 2. The molecule has 0 aliphatic carbocycles. The van der Waals surface area contributed by atoms with Gasteiger partial charge in [-0.3, -0.25) is 9.59 Å². The average Bonchev–Trinajstić information content (AvgIpc) is 2.62. The van der Waals surface area contributed by atoms with Crippen LogP contribution in [-0.2, 0) is 0 Å². The molecule has 1 unspecified atom stereocenters. The molecule has 124 valence electrons. The molecule has 24 heavy (non-hydrogen) atoms. The lowest BCUT2D eigenvalue weighted by Crippen LogP contribution is -2.45. The Labute approximate surface area is 141 Å². The van der Waals surface area contributed by atoms with Gasteiger partial charge in [-0.15, -0.1) is 0 Å². The van der Waals surface area contributed by atoms with Crippen LogP contribution in [0.4, 0.5) is 5.69 Å². The molecule has 2 aromatic rings. The van der Waals surface area contributed by atoms with Crippen LogP contribution in [0.2, 0.25) is 0 Å². The lowest BCUT2D eigenvalue weighted by molar-refractivity contribution is 0.0710. The maximum Gasteiger partial charge on any atom is 0.256 e. The van der Waals surface area contributed by atoms with Gasteiger partial charge < -0.3 is 16.0 Å². The number of nitrogens with two attached hydrogens (primary N) is 1. The SMILES string of the molecule is NC1CCCN(C(=O)c2ccccc2NC(=O)c2ccccc2)C1. The summed E-state index contributed by atoms with van der Waals surface area (Å²) in [7, 11) is 0. The Morgan fingerprint density at radius 2 is 1.75 bits per heavy atom. The summed E-state index contributed by atoms with van der Waals surface area (Å²) in [6.45, 7) is 1.26. The zero-order chi connectivity index (χ0) is 16.9. The fourth-order valence-electron chi connectivity index (χ4n) is 2.93. The normalized spacial score (nSPS) is 17.4. The number of amides is 2. The molecule has 5 heteroatoms. The average molecular weight is 323 g/mol. The van der Waals surface area contributed by atoms with E-state index >= 15 is 0 Å². The molecule has 1 atom stereocenters. The van der Waals surface area contributed by atoms with Crippen molar-refractivity contribution in [3.63, 3.8) is 0 Å². The van der Waals surface area contributed by atoms with Gasteiger partial charge in [0.2, 0.25) is 0 Å². The molecule has 1 fully saturated rings. The zero-order valence-corrected chi connectivity index (χ0v) is 13.4. The van der Waals surface area contributed by atoms with Crippen LogP contribution in [0.5, 0.6) is 0 Å². The third-order valence-corrected chi connectivity index (χ3v) is 4.19. The van der Waals surface area contributed by atoms with Gasteiger partial charge in [0.15, 0.2) is 0 Å². The Balaban J connectivity index is 1.80. The summed E-state index contributed by atoms with van der Waals surface area (Å²) in [4.78, 5) is 26.9. The van der Waals surface area contributed by atoms with E-state index in [0.717, 1.165) is 12.8 Å². The van der Waals surface area contributed by atoms with E-state index in [1.54, 1.807) is 53.4 Å². The first-order chi connectivity index (χ1) is 11.6. The van der Waals surface area contributed by atoms with E-state index in [0.29, 0.717) is 29.9 Å². The number of benzene rings is 2. The van der Waals surface area contributed by atoms with E-state index in [9.17, 15) is 9.59 Å². The summed E-state index contributed by atoms with van der Waals surface area (Å²) in [5.41, 5.74) is 7.55. The molecular weight excluding hydrogens is 302 g/mol. The van der Waals surface area contributed by atoms with Crippen LogP contribution in [0.1, 0.15) is 33.6 Å². The maximum absolute atomic E-state index is 12.8. The minimum Gasteiger partial charge on any atom is -0.337 e. The molecule has 0 spiro atoms. The maximum atomic E-state index is 12.8. The number of hydrogen-bond donors (Lipinski definition) is 2. The van der Waals surface area contributed by atoms with E-state index in [2.05, 4.69) is 5.32 Å². The standard InChI is InChI=1S/C19H21N3O2/c20-15-9-6-12-22(13-15)19(24)16-10-4-5-11-17(16)21-18(23)14-7-2-1-3-8-14/h1-5,7-8,10-11,15H,6,9,12-13,20H2,(H,21,23). The van der Waals surface area contributed by atoms with Crippen molar-refractivity contribution in [2.24, 2.45) is 5.73 Å². The molecule has 0 radical (unpaired) electrons. The molecule has 2 aromatic carbocycles. The lowest BCUT2D eigenvalue weighted by Gasteiger charge is -2.31. The highest BCUT2D eigenvalue weighted by molar-refractivity contribution is 6.09. The highest BCUT2D eigenvalue weighted by Gasteiger charge is 2.24. The molecule has 1 aliphatic rings. The van der Waals surface area contributed by atoms with Crippen LogP contribution < -0.4 is 11.1 Å². The molecule has 0 aromatic heterocycles. The van der Waals surface area contributed by atoms with Gasteiger partial charge in [0.1, 0.15) is 0 Å². The minimum absolute atomic E-state index is 0.0220. The molecule has 0 saturated carbocycles. The number of carbonyl (C=O) groups excluding carboxylic acids is 2. The number of nitrogens with zero attached hydrogens (tertiary/aromatic N) is 1. The first-order valence-electron chi connectivity index (χ1n) is 8.15. The first kappa shape index (κ1) is 16.2. The van der Waals surface area contributed by atoms with Gasteiger partial charge >= 0.3 is 0 Å². The summed E-state index contributed by atoms with van der Waals surface area (Å²) in [6.07, 6.45) is 1.85. The third kappa shape index (κ3) is 3.63. The number of nitrogens with one attached hydrogen (secondary N) is 1. The van der Waals surface area contributed by atoms with E-state index in [1.807, 2.05) is 6.07 Å². The molecule has 5 nitrogen and oxygen atoms in total. The molecular formula is C19H21N3O2. The zero-order valence-electron chi connectivity index (χ0n) is 13.4. The predicted octanol–water partition coefficient (Wildman–Crippen LogP) is 2.50. The van der Waals surface area contributed by atoms with Gasteiger partial charge in [-0.25, -0.2) is 0 Å². The number of anilines is 1. The second-order valence-corrected chi connectivity index (χ2v) is 6.02. The van der Waals surface area contributed by atoms with Gasteiger partial charge in [0.25, 0.3) is 11.8 Å². The molecule has 1 saturated heterocycles. The molecule has 2 amide bonds. The summed E-state index contributed by atoms with van der Waals surface area (Å²) in [6, 6.07) is 16.1. The smallest absolute Gasteiger partial charge is 0.256 e. The number of likely N-dealkylation sites (tertiary alicyclic amines) is 1. The molecule has 0 bridgehead atoms. The Morgan fingerprint density at radius 1 is 1.04 bits per heavy atom. The van der Waals surface area contributed by atoms with Crippen LogP contribution in [0.15, 0.2) is 54.6 Å². The van der Waals surface area contributed by atoms with Crippen molar-refractivity contribution in [3.05, 3.63) is 65.7 Å². The van der Waals surface area contributed by atoms with Gasteiger partial charge in [-0.1, -0.05) is 30.3 Å². The number of para-hydroxylation sites is 1. The van der Waals surface area contributed by atoms with Crippen molar-refractivity contribution in [2.75, 3.05) is 18.4 Å². The van der Waals surface area contributed by atoms with Crippen LogP contribution in [0.3, 0.4) is 0 Å². The quantitative estimate of drug-likeness (QED) is 0.911. The first-order valence-corrected chi connectivity index (χ1v) is 8.15. The number of piperidine rings is 1. The van der Waals surface area contributed by atoms with Gasteiger partial charge in [0, 0.05) is 24.7 Å². The fraction of sp³-hybridized carbons (Fsp3) is 0.263. The van der Waals surface area contributed by atoms with Crippen LogP contribution >= 0.6 is 0 Å². The summed E-state index contributed by atoms with van der Waals surface area (Å²) in [5.74, 6) is -0.319. The highest BCUT2D eigenvalue weighted by Crippen LogP contribution is 2.20. The third-order valence-electron chi connectivity index (χ3n) is 4.19. The monoisotopic (exact) mass is 323 g/mol. The molecule has 1 aliphatic heterocycles. The van der Waals surface area contributed by atoms with Crippen LogP contribution in [-0.4, -0.2) is 35.8 Å². The lowest BCUT2D eigenvalue weighted by atomic mass is 10.0. The van der Waals surface area contributed by atoms with E-state index in [-0.39, 0.29) is 17.9 Å². The van der Waals surface area contributed by atoms with Crippen molar-refractivity contribution in [2.45, 2.75) is 18.9 Å². The second-order valence-electron chi connectivity index (χ2n) is 6.02. The second kappa shape index (κ2) is 7.27. The summed E-state index contributed by atoms with van der Waals surface area (Å²) >= 11 is 0. The summed E-state index contributed by atoms with van der Waals surface area (Å²) < 4.78 is 0. The van der Waals surface area contributed by atoms with E-state index in [4.69, 9.17) is 5.73 Å². The fourth-order valence-corrected chi connectivity index (χ4v) is 2.93. The Hall–Kier alpha value is -2.66. The van der Waals surface area contributed by atoms with Crippen molar-refractivity contribution in [3.8, 4) is 0 Å². The van der Waals surface area contributed by atoms with Crippen molar-refractivity contribution in [1.29, 1.82) is 0 Å². The van der Waals surface area contributed by atoms with Gasteiger partial charge in [-0.05, 0) is 37.1 Å². The highest BCUT2D eigenvalue weighted by atomic mass is 16.2. The van der Waals surface area contributed by atoms with Gasteiger partial charge in [0.05, 0.1) is 11.3 Å². The van der Waals surface area contributed by atoms with Crippen molar-refractivity contribution >= 4 is 17.5 Å². The predicted molar refractivity (Wildman–Crippen MR) is 94.0 cm³/mol. The Kier molecular flexibility index (Phi) is 4.91.